The molecule has 4 nitrogen and oxygen atoms in total. The first-order chi connectivity index (χ1) is 11.8. The molecule has 2 amide bonds. The van der Waals surface area contributed by atoms with Gasteiger partial charge >= 0.3 is 0 Å². The molecule has 2 aromatic rings. The lowest BCUT2D eigenvalue weighted by molar-refractivity contribution is -0.133. The van der Waals surface area contributed by atoms with Gasteiger partial charge < -0.3 is 10.2 Å². The number of hydrogen-bond acceptors (Lipinski definition) is 3. The van der Waals surface area contributed by atoms with E-state index in [0.29, 0.717) is 17.1 Å². The number of carbonyl (C=O) groups is 2. The molecule has 0 aliphatic carbocycles. The SMILES string of the molecule is CC(C)[C@H](NC(=O)c1ccc(Cl)cc1)C(=O)N(C)Cc1ccc(Br)s1. The quantitative estimate of drug-likeness (QED) is 0.710. The lowest BCUT2D eigenvalue weighted by Gasteiger charge is -2.27. The second-order valence-electron chi connectivity index (χ2n) is 6.10. The van der Waals surface area contributed by atoms with Gasteiger partial charge in [-0.15, -0.1) is 11.3 Å². The molecule has 0 spiro atoms. The summed E-state index contributed by atoms with van der Waals surface area (Å²) in [7, 11) is 1.75. The molecular formula is C18H20BrClN2O2S. The van der Waals surface area contributed by atoms with Crippen molar-refractivity contribution in [3.63, 3.8) is 0 Å². The van der Waals surface area contributed by atoms with E-state index in [2.05, 4.69) is 21.2 Å². The zero-order valence-electron chi connectivity index (χ0n) is 14.3. The molecule has 0 aliphatic rings. The normalized spacial score (nSPS) is 12.1. The predicted molar refractivity (Wildman–Crippen MR) is 106 cm³/mol. The van der Waals surface area contributed by atoms with Gasteiger partial charge in [0.1, 0.15) is 6.04 Å². The predicted octanol–water partition coefficient (Wildman–Crippen LogP) is 4.58. The van der Waals surface area contributed by atoms with Crippen LogP contribution < -0.4 is 5.32 Å². The molecule has 1 heterocycles. The molecule has 0 radical (unpaired) electrons. The first-order valence-corrected chi connectivity index (χ1v) is 9.82. The molecule has 0 bridgehead atoms. The van der Waals surface area contributed by atoms with E-state index >= 15 is 0 Å². The Kier molecular flexibility index (Phi) is 7.04. The monoisotopic (exact) mass is 442 g/mol. The second kappa shape index (κ2) is 8.83. The van der Waals surface area contributed by atoms with E-state index in [1.807, 2.05) is 26.0 Å². The minimum Gasteiger partial charge on any atom is -0.340 e. The first kappa shape index (κ1) is 19.9. The maximum atomic E-state index is 12.8. The van der Waals surface area contributed by atoms with Crippen LogP contribution in [0.2, 0.25) is 5.02 Å². The number of likely N-dealkylation sites (N-methyl/N-ethyl adjacent to an activating group) is 1. The third kappa shape index (κ3) is 5.56. The number of rotatable bonds is 6. The fourth-order valence-electron chi connectivity index (χ4n) is 2.33. The van der Waals surface area contributed by atoms with Crippen molar-refractivity contribution >= 4 is 50.7 Å². The molecule has 1 N–H and O–H groups in total. The van der Waals surface area contributed by atoms with Crippen molar-refractivity contribution < 1.29 is 9.59 Å². The Balaban J connectivity index is 2.06. The Hall–Kier alpha value is -1.37. The number of nitrogens with one attached hydrogen (secondary N) is 1. The van der Waals surface area contributed by atoms with E-state index in [-0.39, 0.29) is 17.7 Å². The average Bonchev–Trinajstić information content (AvgIpc) is 2.97. The van der Waals surface area contributed by atoms with Gasteiger partial charge in [-0.2, -0.15) is 0 Å². The lowest BCUT2D eigenvalue weighted by atomic mass is 10.0. The summed E-state index contributed by atoms with van der Waals surface area (Å²) >= 11 is 10.9. The number of carbonyl (C=O) groups excluding carboxylic acids is 2. The lowest BCUT2D eigenvalue weighted by Crippen LogP contribution is -2.49. The van der Waals surface area contributed by atoms with Gasteiger partial charge in [-0.1, -0.05) is 25.4 Å². The van der Waals surface area contributed by atoms with Gasteiger partial charge in [0, 0.05) is 22.5 Å². The summed E-state index contributed by atoms with van der Waals surface area (Å²) in [5, 5.41) is 3.41. The number of amides is 2. The largest absolute Gasteiger partial charge is 0.340 e. The minimum atomic E-state index is -0.586. The summed E-state index contributed by atoms with van der Waals surface area (Å²) in [6.45, 7) is 4.34. The molecule has 0 unspecified atom stereocenters. The van der Waals surface area contributed by atoms with Gasteiger partial charge in [0.15, 0.2) is 0 Å². The minimum absolute atomic E-state index is 0.0266. The zero-order valence-corrected chi connectivity index (χ0v) is 17.4. The van der Waals surface area contributed by atoms with Crippen molar-refractivity contribution in [2.75, 3.05) is 7.05 Å². The zero-order chi connectivity index (χ0) is 18.6. The molecule has 0 saturated carbocycles. The van der Waals surface area contributed by atoms with Gasteiger partial charge in [0.2, 0.25) is 5.91 Å². The first-order valence-electron chi connectivity index (χ1n) is 7.83. The third-order valence-corrected chi connectivity index (χ3v) is 5.58. The smallest absolute Gasteiger partial charge is 0.251 e. The standard InChI is InChI=1S/C18H20BrClN2O2S/c1-11(2)16(21-17(23)12-4-6-13(20)7-5-12)18(24)22(3)10-14-8-9-15(19)25-14/h4-9,11,16H,10H2,1-3H3,(H,21,23)/t16-/m0/s1. The van der Waals surface area contributed by atoms with E-state index in [9.17, 15) is 9.59 Å². The molecular weight excluding hydrogens is 424 g/mol. The van der Waals surface area contributed by atoms with Gasteiger partial charge in [0.25, 0.3) is 5.91 Å². The number of halogens is 2. The molecule has 0 aliphatic heterocycles. The van der Waals surface area contributed by atoms with Crippen molar-refractivity contribution in [3.8, 4) is 0 Å². The Morgan fingerprint density at radius 3 is 2.36 bits per heavy atom. The highest BCUT2D eigenvalue weighted by Gasteiger charge is 2.27. The molecule has 25 heavy (non-hydrogen) atoms. The number of nitrogens with zero attached hydrogens (tertiary/aromatic N) is 1. The van der Waals surface area contributed by atoms with Crippen molar-refractivity contribution in [3.05, 3.63) is 55.6 Å². The Labute approximate surface area is 165 Å². The fourth-order valence-corrected chi connectivity index (χ4v) is 3.99. The van der Waals surface area contributed by atoms with Crippen molar-refractivity contribution in [1.29, 1.82) is 0 Å². The molecule has 1 atom stereocenters. The van der Waals surface area contributed by atoms with Gasteiger partial charge in [-0.05, 0) is 58.2 Å². The van der Waals surface area contributed by atoms with Crippen LogP contribution in [0, 0.1) is 5.92 Å². The average molecular weight is 444 g/mol. The highest BCUT2D eigenvalue weighted by atomic mass is 79.9. The Bertz CT molecular complexity index is 746. The highest BCUT2D eigenvalue weighted by molar-refractivity contribution is 9.11. The van der Waals surface area contributed by atoms with E-state index in [4.69, 9.17) is 11.6 Å². The van der Waals surface area contributed by atoms with E-state index in [1.165, 1.54) is 0 Å². The third-order valence-electron chi connectivity index (χ3n) is 3.72. The van der Waals surface area contributed by atoms with Crippen molar-refractivity contribution in [2.24, 2.45) is 5.92 Å². The van der Waals surface area contributed by atoms with Gasteiger partial charge in [0.05, 0.1) is 10.3 Å². The summed E-state index contributed by atoms with van der Waals surface area (Å²) in [5.74, 6) is -0.418. The van der Waals surface area contributed by atoms with Crippen LogP contribution in [0.3, 0.4) is 0 Å². The highest BCUT2D eigenvalue weighted by Crippen LogP contribution is 2.23. The van der Waals surface area contributed by atoms with Crippen LogP contribution in [0.15, 0.2) is 40.2 Å². The molecule has 1 aromatic heterocycles. The Morgan fingerprint density at radius 1 is 1.20 bits per heavy atom. The van der Waals surface area contributed by atoms with Crippen LogP contribution >= 0.6 is 38.9 Å². The van der Waals surface area contributed by atoms with Crippen LogP contribution in [0.25, 0.3) is 0 Å². The molecule has 134 valence electrons. The van der Waals surface area contributed by atoms with E-state index < -0.39 is 6.04 Å². The molecule has 2 rings (SSSR count). The van der Waals surface area contributed by atoms with E-state index in [0.717, 1.165) is 8.66 Å². The molecule has 7 heteroatoms. The summed E-state index contributed by atoms with van der Waals surface area (Å²) in [4.78, 5) is 28.0. The maximum absolute atomic E-state index is 12.8. The van der Waals surface area contributed by atoms with Gasteiger partial charge in [-0.3, -0.25) is 9.59 Å². The number of benzene rings is 1. The van der Waals surface area contributed by atoms with Crippen molar-refractivity contribution in [1.82, 2.24) is 10.2 Å². The van der Waals surface area contributed by atoms with E-state index in [1.54, 1.807) is 47.5 Å². The summed E-state index contributed by atoms with van der Waals surface area (Å²) in [6.07, 6.45) is 0. The van der Waals surface area contributed by atoms with Gasteiger partial charge in [-0.25, -0.2) is 0 Å². The van der Waals surface area contributed by atoms with Crippen LogP contribution in [-0.2, 0) is 11.3 Å². The number of hydrogen-bond donors (Lipinski definition) is 1. The van der Waals surface area contributed by atoms with Crippen LogP contribution in [0.5, 0.6) is 0 Å². The van der Waals surface area contributed by atoms with Crippen LogP contribution in [0.1, 0.15) is 29.1 Å². The summed E-state index contributed by atoms with van der Waals surface area (Å²) in [6, 6.07) is 9.96. The Morgan fingerprint density at radius 2 is 1.84 bits per heavy atom. The summed E-state index contributed by atoms with van der Waals surface area (Å²) < 4.78 is 1.03. The molecule has 0 fully saturated rings. The summed E-state index contributed by atoms with van der Waals surface area (Å²) in [5.41, 5.74) is 0.479. The van der Waals surface area contributed by atoms with Crippen LogP contribution in [0.4, 0.5) is 0 Å². The molecule has 0 saturated heterocycles. The van der Waals surface area contributed by atoms with Crippen molar-refractivity contribution in [2.45, 2.75) is 26.4 Å². The fraction of sp³-hybridized carbons (Fsp3) is 0.333. The number of thiophene rings is 1. The second-order valence-corrected chi connectivity index (χ2v) is 9.09. The maximum Gasteiger partial charge on any atom is 0.251 e. The topological polar surface area (TPSA) is 49.4 Å². The molecule has 1 aromatic carbocycles. The van der Waals surface area contributed by atoms with Crippen LogP contribution in [-0.4, -0.2) is 29.8 Å².